The zero-order valence-corrected chi connectivity index (χ0v) is 8.80. The number of rotatable bonds is 0. The van der Waals surface area contributed by atoms with Crippen LogP contribution in [0.3, 0.4) is 0 Å². The fourth-order valence-electron chi connectivity index (χ4n) is 3.46. The maximum Gasteiger partial charge on any atom is 0.0484 e. The Labute approximate surface area is 85.8 Å². The Morgan fingerprint density at radius 1 is 1.29 bits per heavy atom. The number of fused-ring (bicyclic) bond motifs is 2. The van der Waals surface area contributed by atoms with Crippen molar-refractivity contribution in [2.45, 2.75) is 37.3 Å². The van der Waals surface area contributed by atoms with E-state index < -0.39 is 0 Å². The molecule has 3 heterocycles. The van der Waals surface area contributed by atoms with Crippen LogP contribution in [-0.4, -0.2) is 49.3 Å². The van der Waals surface area contributed by atoms with Gasteiger partial charge >= 0.3 is 0 Å². The second-order valence-corrected chi connectivity index (χ2v) is 4.96. The molecule has 3 aliphatic heterocycles. The Morgan fingerprint density at radius 3 is 3.00 bits per heavy atom. The first-order valence-electron chi connectivity index (χ1n) is 5.96. The van der Waals surface area contributed by atoms with E-state index in [2.05, 4.69) is 10.2 Å². The van der Waals surface area contributed by atoms with Crippen molar-refractivity contribution in [3.63, 3.8) is 0 Å². The van der Waals surface area contributed by atoms with E-state index in [1.165, 1.54) is 45.3 Å². The van der Waals surface area contributed by atoms with E-state index in [4.69, 9.17) is 4.74 Å². The van der Waals surface area contributed by atoms with Gasteiger partial charge in [0.25, 0.3) is 0 Å². The van der Waals surface area contributed by atoms with Crippen LogP contribution in [0.1, 0.15) is 25.7 Å². The summed E-state index contributed by atoms with van der Waals surface area (Å²) in [6, 6.07) is 0.821. The third kappa shape index (κ3) is 1.30. The number of hydrogen-bond acceptors (Lipinski definition) is 3. The van der Waals surface area contributed by atoms with Gasteiger partial charge in [0, 0.05) is 37.9 Å². The molecule has 1 unspecified atom stereocenters. The Hall–Kier alpha value is -0.120. The predicted molar refractivity (Wildman–Crippen MR) is 55.4 cm³/mol. The molecule has 3 heteroatoms. The minimum Gasteiger partial charge on any atom is -0.381 e. The van der Waals surface area contributed by atoms with Gasteiger partial charge in [0.15, 0.2) is 0 Å². The molecule has 3 nitrogen and oxygen atoms in total. The molecule has 3 rings (SSSR count). The number of ether oxygens (including phenoxy) is 1. The van der Waals surface area contributed by atoms with Gasteiger partial charge < -0.3 is 10.1 Å². The molecule has 0 aliphatic carbocycles. The van der Waals surface area contributed by atoms with Crippen LogP contribution in [0, 0.1) is 0 Å². The molecule has 3 saturated heterocycles. The van der Waals surface area contributed by atoms with Crippen molar-refractivity contribution in [2.75, 3.05) is 32.8 Å². The fraction of sp³-hybridized carbons (Fsp3) is 1.00. The Bertz CT molecular complexity index is 208. The zero-order valence-electron chi connectivity index (χ0n) is 8.80. The Kier molecular flexibility index (Phi) is 2.26. The summed E-state index contributed by atoms with van der Waals surface area (Å²) in [4.78, 5) is 2.78. The molecular formula is C11H20N2O. The summed E-state index contributed by atoms with van der Waals surface area (Å²) >= 11 is 0. The predicted octanol–water partition coefficient (Wildman–Crippen LogP) is 0.603. The van der Waals surface area contributed by atoms with Crippen molar-refractivity contribution in [1.82, 2.24) is 10.2 Å². The monoisotopic (exact) mass is 196 g/mol. The summed E-state index contributed by atoms with van der Waals surface area (Å²) in [6.07, 6.45) is 5.26. The van der Waals surface area contributed by atoms with Gasteiger partial charge in [-0.25, -0.2) is 0 Å². The zero-order chi connectivity index (χ0) is 9.43. The van der Waals surface area contributed by atoms with Gasteiger partial charge in [-0.05, 0) is 32.2 Å². The summed E-state index contributed by atoms with van der Waals surface area (Å²) in [6.45, 7) is 5.65. The van der Waals surface area contributed by atoms with Gasteiger partial charge in [-0.2, -0.15) is 0 Å². The van der Waals surface area contributed by atoms with Crippen molar-refractivity contribution < 1.29 is 4.74 Å². The third-order valence-electron chi connectivity index (χ3n) is 4.24. The van der Waals surface area contributed by atoms with Crippen molar-refractivity contribution in [3.8, 4) is 0 Å². The topological polar surface area (TPSA) is 24.5 Å². The third-order valence-corrected chi connectivity index (χ3v) is 4.24. The molecule has 3 aliphatic rings. The molecule has 0 aromatic rings. The van der Waals surface area contributed by atoms with Crippen LogP contribution in [-0.2, 0) is 4.74 Å². The Balaban J connectivity index is 1.81. The summed E-state index contributed by atoms with van der Waals surface area (Å²) in [5.41, 5.74) is 0.456. The van der Waals surface area contributed by atoms with Crippen LogP contribution in [0.15, 0.2) is 0 Å². The van der Waals surface area contributed by atoms with Gasteiger partial charge in [-0.3, -0.25) is 4.90 Å². The molecule has 1 N–H and O–H groups in total. The highest BCUT2D eigenvalue weighted by atomic mass is 16.5. The minimum absolute atomic E-state index is 0.456. The van der Waals surface area contributed by atoms with Gasteiger partial charge in [-0.15, -0.1) is 0 Å². The molecule has 80 valence electrons. The largest absolute Gasteiger partial charge is 0.381 e. The molecule has 14 heavy (non-hydrogen) atoms. The van der Waals surface area contributed by atoms with Crippen molar-refractivity contribution in [3.05, 3.63) is 0 Å². The first-order chi connectivity index (χ1) is 6.91. The molecule has 0 saturated carbocycles. The number of nitrogens with zero attached hydrogens (tertiary/aromatic N) is 1. The number of hydrogen-bond donors (Lipinski definition) is 1. The molecule has 1 spiro atoms. The SMILES string of the molecule is C1CC2CNCC3(CCOCC3)N2C1. The highest BCUT2D eigenvalue weighted by molar-refractivity contribution is 5.03. The molecule has 3 fully saturated rings. The molecule has 1 atom stereocenters. The maximum absolute atomic E-state index is 5.49. The van der Waals surface area contributed by atoms with Crippen LogP contribution < -0.4 is 5.32 Å². The normalized spacial score (nSPS) is 37.3. The first kappa shape index (κ1) is 9.13. The van der Waals surface area contributed by atoms with E-state index in [9.17, 15) is 0 Å². The van der Waals surface area contributed by atoms with E-state index in [1.807, 2.05) is 0 Å². The van der Waals surface area contributed by atoms with Crippen LogP contribution in [0.5, 0.6) is 0 Å². The van der Waals surface area contributed by atoms with Crippen molar-refractivity contribution in [2.24, 2.45) is 0 Å². The minimum atomic E-state index is 0.456. The van der Waals surface area contributed by atoms with E-state index in [0.29, 0.717) is 5.54 Å². The molecule has 0 aromatic heterocycles. The standard InChI is InChI=1S/C11H20N2O/c1-2-10-8-12-9-11(13(10)5-1)3-6-14-7-4-11/h10,12H,1-9H2. The molecular weight excluding hydrogens is 176 g/mol. The average molecular weight is 196 g/mol. The second kappa shape index (κ2) is 3.47. The lowest BCUT2D eigenvalue weighted by molar-refractivity contribution is -0.0486. The van der Waals surface area contributed by atoms with Crippen molar-refractivity contribution in [1.29, 1.82) is 0 Å². The highest BCUT2D eigenvalue weighted by Gasteiger charge is 2.45. The van der Waals surface area contributed by atoms with E-state index in [0.717, 1.165) is 19.3 Å². The number of piperazine rings is 1. The van der Waals surface area contributed by atoms with E-state index in [-0.39, 0.29) is 0 Å². The Morgan fingerprint density at radius 2 is 2.14 bits per heavy atom. The average Bonchev–Trinajstić information content (AvgIpc) is 2.69. The van der Waals surface area contributed by atoms with Crippen LogP contribution in [0.4, 0.5) is 0 Å². The quantitative estimate of drug-likeness (QED) is 0.614. The molecule has 0 radical (unpaired) electrons. The number of nitrogens with one attached hydrogen (secondary N) is 1. The lowest BCUT2D eigenvalue weighted by atomic mass is 9.85. The summed E-state index contributed by atoms with van der Waals surface area (Å²) in [7, 11) is 0. The van der Waals surface area contributed by atoms with Crippen LogP contribution in [0.2, 0.25) is 0 Å². The maximum atomic E-state index is 5.49. The van der Waals surface area contributed by atoms with E-state index >= 15 is 0 Å². The summed E-state index contributed by atoms with van der Waals surface area (Å²) in [5, 5.41) is 3.62. The smallest absolute Gasteiger partial charge is 0.0484 e. The van der Waals surface area contributed by atoms with Crippen LogP contribution in [0.25, 0.3) is 0 Å². The molecule has 0 aromatic carbocycles. The lowest BCUT2D eigenvalue weighted by Gasteiger charge is -2.51. The van der Waals surface area contributed by atoms with Gasteiger partial charge in [0.2, 0.25) is 0 Å². The second-order valence-electron chi connectivity index (χ2n) is 4.96. The van der Waals surface area contributed by atoms with Gasteiger partial charge in [-0.1, -0.05) is 0 Å². The lowest BCUT2D eigenvalue weighted by Crippen LogP contribution is -2.65. The van der Waals surface area contributed by atoms with Gasteiger partial charge in [0.05, 0.1) is 0 Å². The van der Waals surface area contributed by atoms with Crippen molar-refractivity contribution >= 4 is 0 Å². The van der Waals surface area contributed by atoms with Crippen LogP contribution >= 0.6 is 0 Å². The summed E-state index contributed by atoms with van der Waals surface area (Å²) < 4.78 is 5.49. The molecule has 0 amide bonds. The fourth-order valence-corrected chi connectivity index (χ4v) is 3.46. The summed E-state index contributed by atoms with van der Waals surface area (Å²) in [5.74, 6) is 0. The molecule has 0 bridgehead atoms. The van der Waals surface area contributed by atoms with E-state index in [1.54, 1.807) is 0 Å². The first-order valence-corrected chi connectivity index (χ1v) is 5.96. The highest BCUT2D eigenvalue weighted by Crippen LogP contribution is 2.35. The van der Waals surface area contributed by atoms with Gasteiger partial charge in [0.1, 0.15) is 0 Å².